The van der Waals surface area contributed by atoms with E-state index in [2.05, 4.69) is 10.4 Å². The van der Waals surface area contributed by atoms with Crippen LogP contribution in [-0.2, 0) is 17.9 Å². The molecular weight excluding hydrogens is 372 g/mol. The topological polar surface area (TPSA) is 68.4 Å². The molecule has 1 amide bonds. The van der Waals surface area contributed by atoms with Crippen molar-refractivity contribution in [3.8, 4) is 0 Å². The predicted molar refractivity (Wildman–Crippen MR) is 103 cm³/mol. The Morgan fingerprint density at radius 2 is 2.00 bits per heavy atom. The van der Waals surface area contributed by atoms with Crippen LogP contribution in [0.2, 0.25) is 5.02 Å². The molecule has 0 aliphatic carbocycles. The smallest absolute Gasteiger partial charge is 0.291 e. The molecule has 0 saturated carbocycles. The number of hydrogen-bond donors (Lipinski definition) is 1. The van der Waals surface area contributed by atoms with Gasteiger partial charge in [-0.2, -0.15) is 5.10 Å². The van der Waals surface area contributed by atoms with Crippen LogP contribution in [0, 0.1) is 6.92 Å². The van der Waals surface area contributed by atoms with Crippen molar-refractivity contribution in [3.63, 3.8) is 0 Å². The van der Waals surface area contributed by atoms with Crippen molar-refractivity contribution in [2.75, 3.05) is 0 Å². The summed E-state index contributed by atoms with van der Waals surface area (Å²) in [4.78, 5) is 24.9. The lowest BCUT2D eigenvalue weighted by Gasteiger charge is -2.09. The maximum atomic E-state index is 12.7. The lowest BCUT2D eigenvalue weighted by atomic mass is 10.2. The van der Waals surface area contributed by atoms with Crippen molar-refractivity contribution in [1.82, 2.24) is 19.5 Å². The zero-order chi connectivity index (χ0) is 18.3. The Morgan fingerprint density at radius 3 is 2.77 bits per heavy atom. The summed E-state index contributed by atoms with van der Waals surface area (Å²) in [6, 6.07) is 11.0. The number of amides is 1. The van der Waals surface area contributed by atoms with E-state index < -0.39 is 0 Å². The lowest BCUT2D eigenvalue weighted by Crippen LogP contribution is -2.34. The van der Waals surface area contributed by atoms with Crippen LogP contribution in [0.5, 0.6) is 0 Å². The standard InChI is InChI=1S/C18H15ClN4O2S/c1-11-21-22(10-17(24)20-9-12-2-4-13(19)5-3-12)18(25)15-8-16-14(23(11)15)6-7-26-16/h2-8H,9-10H2,1H3,(H,20,24). The van der Waals surface area contributed by atoms with Crippen molar-refractivity contribution in [2.45, 2.75) is 20.0 Å². The first-order valence-electron chi connectivity index (χ1n) is 8.00. The monoisotopic (exact) mass is 386 g/mol. The van der Waals surface area contributed by atoms with Gasteiger partial charge in [0.15, 0.2) is 0 Å². The van der Waals surface area contributed by atoms with Gasteiger partial charge < -0.3 is 5.32 Å². The summed E-state index contributed by atoms with van der Waals surface area (Å²) in [7, 11) is 0. The van der Waals surface area contributed by atoms with Gasteiger partial charge in [0.2, 0.25) is 5.91 Å². The third-order valence-electron chi connectivity index (χ3n) is 4.16. The average Bonchev–Trinajstić information content (AvgIpc) is 3.20. The molecule has 0 bridgehead atoms. The number of aromatic nitrogens is 3. The number of hydrogen-bond acceptors (Lipinski definition) is 4. The number of nitrogens with one attached hydrogen (secondary N) is 1. The second-order valence-electron chi connectivity index (χ2n) is 5.95. The molecule has 1 aromatic carbocycles. The summed E-state index contributed by atoms with van der Waals surface area (Å²) in [6.45, 7) is 2.07. The van der Waals surface area contributed by atoms with Gasteiger partial charge in [0.25, 0.3) is 5.56 Å². The maximum Gasteiger partial charge on any atom is 0.291 e. The minimum absolute atomic E-state index is 0.122. The first kappa shape index (κ1) is 16.8. The minimum Gasteiger partial charge on any atom is -0.350 e. The quantitative estimate of drug-likeness (QED) is 0.586. The predicted octanol–water partition coefficient (Wildman–Crippen LogP) is 2.99. The van der Waals surface area contributed by atoms with Crippen LogP contribution in [0.1, 0.15) is 11.4 Å². The van der Waals surface area contributed by atoms with E-state index >= 15 is 0 Å². The van der Waals surface area contributed by atoms with Gasteiger partial charge in [-0.05, 0) is 42.1 Å². The lowest BCUT2D eigenvalue weighted by molar-refractivity contribution is -0.122. The molecule has 132 valence electrons. The zero-order valence-corrected chi connectivity index (χ0v) is 15.5. The van der Waals surface area contributed by atoms with Gasteiger partial charge in [0.05, 0.1) is 10.2 Å². The van der Waals surface area contributed by atoms with Crippen LogP contribution >= 0.6 is 22.9 Å². The van der Waals surface area contributed by atoms with E-state index in [1.807, 2.05) is 41.0 Å². The fraction of sp³-hybridized carbons (Fsp3) is 0.167. The van der Waals surface area contributed by atoms with Crippen molar-refractivity contribution in [2.24, 2.45) is 0 Å². The van der Waals surface area contributed by atoms with Crippen molar-refractivity contribution in [3.05, 3.63) is 68.5 Å². The number of nitrogens with zero attached hydrogens (tertiary/aromatic N) is 3. The number of fused-ring (bicyclic) bond motifs is 3. The maximum absolute atomic E-state index is 12.7. The molecule has 0 radical (unpaired) electrons. The van der Waals surface area contributed by atoms with Crippen LogP contribution < -0.4 is 10.9 Å². The molecule has 8 heteroatoms. The summed E-state index contributed by atoms with van der Waals surface area (Å²) in [5.41, 5.74) is 2.15. The van der Waals surface area contributed by atoms with E-state index in [1.54, 1.807) is 23.5 Å². The van der Waals surface area contributed by atoms with Crippen LogP contribution in [-0.4, -0.2) is 20.1 Å². The molecule has 0 unspecified atom stereocenters. The highest BCUT2D eigenvalue weighted by atomic mass is 35.5. The summed E-state index contributed by atoms with van der Waals surface area (Å²) < 4.78 is 4.07. The molecular formula is C18H15ClN4O2S. The SMILES string of the molecule is Cc1nn(CC(=O)NCc2ccc(Cl)cc2)c(=O)c2cc3sccc3n12. The van der Waals surface area contributed by atoms with Gasteiger partial charge in [0.1, 0.15) is 17.9 Å². The fourth-order valence-electron chi connectivity index (χ4n) is 2.93. The average molecular weight is 387 g/mol. The Balaban J connectivity index is 1.56. The molecule has 0 saturated heterocycles. The van der Waals surface area contributed by atoms with Crippen molar-refractivity contribution >= 4 is 44.6 Å². The Kier molecular flexibility index (Phi) is 4.26. The highest BCUT2D eigenvalue weighted by Crippen LogP contribution is 2.24. The molecule has 0 aliphatic heterocycles. The largest absolute Gasteiger partial charge is 0.350 e. The fourth-order valence-corrected chi connectivity index (χ4v) is 3.86. The summed E-state index contributed by atoms with van der Waals surface area (Å²) in [5.74, 6) is 0.394. The number of thiophene rings is 1. The number of rotatable bonds is 4. The summed E-state index contributed by atoms with van der Waals surface area (Å²) >= 11 is 7.42. The second-order valence-corrected chi connectivity index (χ2v) is 7.33. The Labute approximate surface area is 157 Å². The number of aryl methyl sites for hydroxylation is 1. The molecule has 0 aliphatic rings. The second kappa shape index (κ2) is 6.59. The van der Waals surface area contributed by atoms with E-state index in [9.17, 15) is 9.59 Å². The Bertz CT molecular complexity index is 1170. The first-order chi connectivity index (χ1) is 12.5. The van der Waals surface area contributed by atoms with Crippen LogP contribution in [0.4, 0.5) is 0 Å². The van der Waals surface area contributed by atoms with Gasteiger partial charge in [-0.3, -0.25) is 14.0 Å². The van der Waals surface area contributed by atoms with E-state index in [-0.39, 0.29) is 18.0 Å². The number of carbonyl (C=O) groups excluding carboxylic acids is 1. The highest BCUT2D eigenvalue weighted by molar-refractivity contribution is 7.17. The minimum atomic E-state index is -0.277. The number of halogens is 1. The highest BCUT2D eigenvalue weighted by Gasteiger charge is 2.14. The Hall–Kier alpha value is -2.64. The van der Waals surface area contributed by atoms with Gasteiger partial charge in [-0.15, -0.1) is 11.3 Å². The van der Waals surface area contributed by atoms with Gasteiger partial charge >= 0.3 is 0 Å². The molecule has 0 fully saturated rings. The molecule has 0 spiro atoms. The van der Waals surface area contributed by atoms with E-state index in [1.165, 1.54) is 4.68 Å². The molecule has 3 heterocycles. The normalized spacial score (nSPS) is 11.3. The van der Waals surface area contributed by atoms with Gasteiger partial charge in [0, 0.05) is 11.6 Å². The molecule has 4 rings (SSSR count). The molecule has 0 atom stereocenters. The van der Waals surface area contributed by atoms with Crippen LogP contribution in [0.25, 0.3) is 15.7 Å². The van der Waals surface area contributed by atoms with Crippen molar-refractivity contribution in [1.29, 1.82) is 0 Å². The van der Waals surface area contributed by atoms with Gasteiger partial charge in [-0.1, -0.05) is 23.7 Å². The number of benzene rings is 1. The summed E-state index contributed by atoms with van der Waals surface area (Å²) in [6.07, 6.45) is 0. The molecule has 26 heavy (non-hydrogen) atoms. The Morgan fingerprint density at radius 1 is 1.23 bits per heavy atom. The molecule has 4 aromatic rings. The summed E-state index contributed by atoms with van der Waals surface area (Å²) in [5, 5.41) is 9.72. The third-order valence-corrected chi connectivity index (χ3v) is 5.27. The molecule has 6 nitrogen and oxygen atoms in total. The third kappa shape index (κ3) is 3.00. The van der Waals surface area contributed by atoms with E-state index in [4.69, 9.17) is 11.6 Å². The molecule has 1 N–H and O–H groups in total. The molecule has 3 aromatic heterocycles. The van der Waals surface area contributed by atoms with E-state index in [0.717, 1.165) is 15.8 Å². The van der Waals surface area contributed by atoms with Crippen LogP contribution in [0.3, 0.4) is 0 Å². The first-order valence-corrected chi connectivity index (χ1v) is 9.26. The van der Waals surface area contributed by atoms with Gasteiger partial charge in [-0.25, -0.2) is 4.68 Å². The van der Waals surface area contributed by atoms with Crippen LogP contribution in [0.15, 0.2) is 46.6 Å². The number of carbonyl (C=O) groups is 1. The zero-order valence-electron chi connectivity index (χ0n) is 13.9. The van der Waals surface area contributed by atoms with E-state index in [0.29, 0.717) is 22.9 Å². The van der Waals surface area contributed by atoms with Crippen molar-refractivity contribution < 1.29 is 4.79 Å².